The van der Waals surface area contributed by atoms with Gasteiger partial charge in [0.1, 0.15) is 6.54 Å². The monoisotopic (exact) mass is 475 g/mol. The second-order valence-electron chi connectivity index (χ2n) is 7.74. The van der Waals surface area contributed by atoms with Crippen molar-refractivity contribution in [1.82, 2.24) is 24.4 Å². The maximum atomic E-state index is 13.2. The summed E-state index contributed by atoms with van der Waals surface area (Å²) >= 11 is 0. The predicted octanol–water partition coefficient (Wildman–Crippen LogP) is 1.38. The number of nitrogens with one attached hydrogen (secondary N) is 1. The molecule has 0 aliphatic heterocycles. The van der Waals surface area contributed by atoms with Crippen molar-refractivity contribution < 1.29 is 14.3 Å². The number of aromatic nitrogens is 4. The van der Waals surface area contributed by atoms with Crippen LogP contribution in [0, 0.1) is 0 Å². The first-order valence-corrected chi connectivity index (χ1v) is 11.0. The van der Waals surface area contributed by atoms with Crippen LogP contribution in [0.15, 0.2) is 70.5 Å². The van der Waals surface area contributed by atoms with E-state index in [2.05, 4.69) is 15.3 Å². The number of nitrogens with zero attached hydrogens (tertiary/aromatic N) is 4. The lowest BCUT2D eigenvalue weighted by Gasteiger charge is -2.14. The lowest BCUT2D eigenvalue weighted by molar-refractivity contribution is -0.121. The number of hydrogen-bond acceptors (Lipinski definition) is 7. The van der Waals surface area contributed by atoms with Gasteiger partial charge in [-0.05, 0) is 48.4 Å². The number of ether oxygens (including phenoxy) is 2. The topological polar surface area (TPSA) is 117 Å². The number of hydrogen-bond donors (Lipinski definition) is 1. The minimum Gasteiger partial charge on any atom is -0.493 e. The summed E-state index contributed by atoms with van der Waals surface area (Å²) in [6, 6.07) is 14.0. The maximum absolute atomic E-state index is 13.2. The summed E-state index contributed by atoms with van der Waals surface area (Å²) in [6.45, 7) is 0.0776. The number of carbonyl (C=O) groups is 1. The predicted molar refractivity (Wildman–Crippen MR) is 130 cm³/mol. The number of benzene rings is 1. The van der Waals surface area contributed by atoms with Gasteiger partial charge in [-0.3, -0.25) is 23.7 Å². The zero-order valence-electron chi connectivity index (χ0n) is 19.4. The summed E-state index contributed by atoms with van der Waals surface area (Å²) in [5.41, 5.74) is 0.792. The van der Waals surface area contributed by atoms with Crippen LogP contribution in [0.25, 0.3) is 11.0 Å². The minimum absolute atomic E-state index is 0.0219. The molecule has 0 aliphatic rings. The molecule has 0 aliphatic carbocycles. The van der Waals surface area contributed by atoms with E-state index in [0.29, 0.717) is 35.7 Å². The van der Waals surface area contributed by atoms with Crippen molar-refractivity contribution in [3.8, 4) is 11.5 Å². The Morgan fingerprint density at radius 1 is 0.943 bits per heavy atom. The third kappa shape index (κ3) is 5.21. The molecule has 1 N–H and O–H groups in total. The third-order valence-electron chi connectivity index (χ3n) is 5.52. The van der Waals surface area contributed by atoms with Crippen molar-refractivity contribution in [1.29, 1.82) is 0 Å². The van der Waals surface area contributed by atoms with Crippen LogP contribution in [0.5, 0.6) is 11.5 Å². The molecule has 4 aromatic rings. The molecule has 1 aromatic carbocycles. The molecule has 0 bridgehead atoms. The molecular formula is C25H25N5O5. The first kappa shape index (κ1) is 23.7. The van der Waals surface area contributed by atoms with Crippen molar-refractivity contribution in [2.24, 2.45) is 0 Å². The molecule has 0 spiro atoms. The van der Waals surface area contributed by atoms with Crippen LogP contribution >= 0.6 is 0 Å². The Bertz CT molecular complexity index is 1460. The number of carbonyl (C=O) groups excluding carboxylic acids is 1. The van der Waals surface area contributed by atoms with Crippen molar-refractivity contribution in [3.05, 3.63) is 93.0 Å². The number of amides is 1. The van der Waals surface area contributed by atoms with Crippen LogP contribution < -0.4 is 26.0 Å². The molecule has 10 heteroatoms. The van der Waals surface area contributed by atoms with Gasteiger partial charge < -0.3 is 14.8 Å². The fourth-order valence-electron chi connectivity index (χ4n) is 3.77. The molecule has 0 radical (unpaired) electrons. The van der Waals surface area contributed by atoms with E-state index in [0.717, 1.165) is 10.1 Å². The number of pyridine rings is 2. The Labute approximate surface area is 200 Å². The van der Waals surface area contributed by atoms with Crippen LogP contribution in [0.4, 0.5) is 0 Å². The Morgan fingerprint density at radius 3 is 2.49 bits per heavy atom. The normalized spacial score (nSPS) is 10.8. The van der Waals surface area contributed by atoms with E-state index in [1.807, 2.05) is 12.1 Å². The molecular weight excluding hydrogens is 450 g/mol. The smallest absolute Gasteiger partial charge is 0.332 e. The molecule has 0 atom stereocenters. The lowest BCUT2D eigenvalue weighted by Crippen LogP contribution is -2.43. The van der Waals surface area contributed by atoms with Crippen molar-refractivity contribution in [2.75, 3.05) is 20.8 Å². The van der Waals surface area contributed by atoms with E-state index in [1.165, 1.54) is 10.8 Å². The van der Waals surface area contributed by atoms with Gasteiger partial charge in [-0.25, -0.2) is 9.78 Å². The van der Waals surface area contributed by atoms with E-state index in [9.17, 15) is 14.4 Å². The van der Waals surface area contributed by atoms with E-state index >= 15 is 0 Å². The molecule has 0 fully saturated rings. The van der Waals surface area contributed by atoms with Gasteiger partial charge in [0.2, 0.25) is 5.91 Å². The molecule has 0 saturated carbocycles. The van der Waals surface area contributed by atoms with Crippen LogP contribution in [0.1, 0.15) is 11.3 Å². The van der Waals surface area contributed by atoms with Gasteiger partial charge in [0.15, 0.2) is 17.0 Å². The third-order valence-corrected chi connectivity index (χ3v) is 5.52. The maximum Gasteiger partial charge on any atom is 0.332 e. The van der Waals surface area contributed by atoms with E-state index < -0.39 is 11.2 Å². The minimum atomic E-state index is -0.601. The van der Waals surface area contributed by atoms with Crippen LogP contribution in [-0.2, 0) is 24.3 Å². The van der Waals surface area contributed by atoms with E-state index in [4.69, 9.17) is 9.47 Å². The zero-order chi connectivity index (χ0) is 24.8. The number of methoxy groups -OCH3 is 2. The highest BCUT2D eigenvalue weighted by atomic mass is 16.5. The summed E-state index contributed by atoms with van der Waals surface area (Å²) in [4.78, 5) is 47.3. The fraction of sp³-hybridized carbons (Fsp3) is 0.240. The fourth-order valence-corrected chi connectivity index (χ4v) is 3.77. The highest BCUT2D eigenvalue weighted by Crippen LogP contribution is 2.27. The SMILES string of the molecule is COc1ccc(CCNC(=O)Cn2c(=O)n(Cc3ccccn3)c(=O)c3ncccc32)cc1OC. The van der Waals surface area contributed by atoms with Crippen molar-refractivity contribution >= 4 is 16.9 Å². The number of rotatable bonds is 9. The Morgan fingerprint density at radius 2 is 1.74 bits per heavy atom. The molecule has 3 heterocycles. The molecule has 35 heavy (non-hydrogen) atoms. The molecule has 0 unspecified atom stereocenters. The summed E-state index contributed by atoms with van der Waals surface area (Å²) in [6.07, 6.45) is 3.62. The molecule has 4 rings (SSSR count). The molecule has 0 saturated heterocycles. The summed E-state index contributed by atoms with van der Waals surface area (Å²) < 4.78 is 12.9. The first-order chi connectivity index (χ1) is 17.0. The first-order valence-electron chi connectivity index (χ1n) is 11.0. The molecule has 3 aromatic heterocycles. The molecule has 10 nitrogen and oxygen atoms in total. The average Bonchev–Trinajstić information content (AvgIpc) is 2.89. The van der Waals surface area contributed by atoms with Gasteiger partial charge in [-0.1, -0.05) is 12.1 Å². The summed E-state index contributed by atoms with van der Waals surface area (Å²) in [7, 11) is 3.13. The lowest BCUT2D eigenvalue weighted by atomic mass is 10.1. The Hall–Kier alpha value is -4.47. The highest BCUT2D eigenvalue weighted by Gasteiger charge is 2.16. The molecule has 1 amide bonds. The number of fused-ring (bicyclic) bond motifs is 1. The van der Waals surface area contributed by atoms with Crippen molar-refractivity contribution in [3.63, 3.8) is 0 Å². The van der Waals surface area contributed by atoms with Gasteiger partial charge in [0.05, 0.1) is 32.0 Å². The van der Waals surface area contributed by atoms with E-state index in [-0.39, 0.29) is 24.5 Å². The second-order valence-corrected chi connectivity index (χ2v) is 7.74. The van der Waals surface area contributed by atoms with Crippen LogP contribution in [0.2, 0.25) is 0 Å². The summed E-state index contributed by atoms with van der Waals surface area (Å²) in [5.74, 6) is 0.874. The van der Waals surface area contributed by atoms with E-state index in [1.54, 1.807) is 56.8 Å². The van der Waals surface area contributed by atoms with Gasteiger partial charge in [-0.15, -0.1) is 0 Å². The standard InChI is InChI=1S/C25H25N5O5/c1-34-20-9-8-17(14-21(20)35-2)10-13-27-22(31)16-29-19-7-5-12-28-23(19)24(32)30(25(29)33)15-18-6-3-4-11-26-18/h3-9,11-12,14H,10,13,15-16H2,1-2H3,(H,27,31). The van der Waals surface area contributed by atoms with Crippen LogP contribution in [-0.4, -0.2) is 45.8 Å². The van der Waals surface area contributed by atoms with Crippen molar-refractivity contribution in [2.45, 2.75) is 19.5 Å². The zero-order valence-corrected chi connectivity index (χ0v) is 19.4. The second kappa shape index (κ2) is 10.6. The quantitative estimate of drug-likeness (QED) is 0.389. The highest BCUT2D eigenvalue weighted by molar-refractivity contribution is 5.79. The van der Waals surface area contributed by atoms with Gasteiger partial charge in [0, 0.05) is 18.9 Å². The van der Waals surface area contributed by atoms with Gasteiger partial charge in [0.25, 0.3) is 5.56 Å². The van der Waals surface area contributed by atoms with Gasteiger partial charge in [-0.2, -0.15) is 0 Å². The summed E-state index contributed by atoms with van der Waals surface area (Å²) in [5, 5.41) is 2.83. The largest absolute Gasteiger partial charge is 0.493 e. The van der Waals surface area contributed by atoms with Gasteiger partial charge >= 0.3 is 5.69 Å². The Kier molecular flexibility index (Phi) is 7.20. The Balaban J connectivity index is 1.54. The molecule has 180 valence electrons. The van der Waals surface area contributed by atoms with Crippen LogP contribution in [0.3, 0.4) is 0 Å². The average molecular weight is 476 g/mol.